The van der Waals surface area contributed by atoms with Gasteiger partial charge in [0, 0.05) is 42.3 Å². The van der Waals surface area contributed by atoms with E-state index in [1.54, 1.807) is 6.07 Å². The molecule has 0 aliphatic carbocycles. The van der Waals surface area contributed by atoms with Crippen LogP contribution in [0.4, 0.5) is 13.2 Å². The van der Waals surface area contributed by atoms with Crippen molar-refractivity contribution in [3.63, 3.8) is 0 Å². The van der Waals surface area contributed by atoms with E-state index in [9.17, 15) is 18.3 Å². The molecule has 2 rings (SSSR count). The number of hydrogen-bond donors (Lipinski definition) is 2. The lowest BCUT2D eigenvalue weighted by Gasteiger charge is -2.36. The fraction of sp³-hybridized carbons (Fsp3) is 0.600. The normalized spacial score (nSPS) is 18.4. The molecule has 124 valence electrons. The van der Waals surface area contributed by atoms with E-state index in [2.05, 4.69) is 26.1 Å². The highest BCUT2D eigenvalue weighted by Crippen LogP contribution is 2.43. The summed E-state index contributed by atoms with van der Waals surface area (Å²) in [5.41, 5.74) is -0.626. The predicted octanol–water partition coefficient (Wildman–Crippen LogP) is 3.92. The molecule has 0 unspecified atom stereocenters. The van der Waals surface area contributed by atoms with Gasteiger partial charge in [-0.2, -0.15) is 13.2 Å². The van der Waals surface area contributed by atoms with Gasteiger partial charge in [-0.1, -0.05) is 29.3 Å². The molecular weight excluding hydrogens is 361 g/mol. The molecule has 1 aromatic carbocycles. The van der Waals surface area contributed by atoms with Crippen LogP contribution in [0.1, 0.15) is 36.9 Å². The Kier molecular flexibility index (Phi) is 5.74. The van der Waals surface area contributed by atoms with Crippen LogP contribution in [0, 0.1) is 0 Å². The Morgan fingerprint density at radius 1 is 1.32 bits per heavy atom. The summed E-state index contributed by atoms with van der Waals surface area (Å²) in [6.45, 7) is 5.13. The second-order valence-corrected chi connectivity index (χ2v) is 6.40. The minimum absolute atomic E-state index is 0.203. The van der Waals surface area contributed by atoms with E-state index >= 15 is 0 Å². The van der Waals surface area contributed by atoms with Crippen LogP contribution < -0.4 is 5.32 Å². The van der Waals surface area contributed by atoms with Crippen LogP contribution in [-0.2, 0) is 6.18 Å². The molecule has 1 aromatic rings. The number of piperazine rings is 1. The molecule has 7 heteroatoms. The smallest absolute Gasteiger partial charge is 0.420 e. The van der Waals surface area contributed by atoms with Gasteiger partial charge in [-0.05, 0) is 18.6 Å². The van der Waals surface area contributed by atoms with Crippen LogP contribution in [-0.4, -0.2) is 36.2 Å². The third kappa shape index (κ3) is 3.94. The van der Waals surface area contributed by atoms with Crippen molar-refractivity contribution in [3.8, 4) is 5.75 Å². The van der Waals surface area contributed by atoms with Gasteiger partial charge in [-0.15, -0.1) is 0 Å². The van der Waals surface area contributed by atoms with Gasteiger partial charge < -0.3 is 10.4 Å². The Morgan fingerprint density at radius 3 is 2.50 bits per heavy atom. The Hall–Kier alpha value is -0.790. The van der Waals surface area contributed by atoms with Crippen molar-refractivity contribution in [1.29, 1.82) is 0 Å². The van der Waals surface area contributed by atoms with Gasteiger partial charge in [0.25, 0.3) is 0 Å². The Bertz CT molecular complexity index is 516. The second kappa shape index (κ2) is 7.19. The summed E-state index contributed by atoms with van der Waals surface area (Å²) in [6.07, 6.45) is -3.02. The van der Waals surface area contributed by atoms with E-state index in [0.717, 1.165) is 38.7 Å². The van der Waals surface area contributed by atoms with Crippen molar-refractivity contribution >= 4 is 15.9 Å². The van der Waals surface area contributed by atoms with E-state index in [4.69, 9.17) is 0 Å². The van der Waals surface area contributed by atoms with E-state index in [1.807, 2.05) is 6.92 Å². The summed E-state index contributed by atoms with van der Waals surface area (Å²) in [4.78, 5) is 2.14. The number of rotatable bonds is 4. The van der Waals surface area contributed by atoms with E-state index in [-0.39, 0.29) is 6.04 Å². The predicted molar refractivity (Wildman–Crippen MR) is 82.9 cm³/mol. The van der Waals surface area contributed by atoms with Gasteiger partial charge in [0.15, 0.2) is 0 Å². The number of phenolic OH excluding ortho intramolecular Hbond substituents is 1. The molecule has 0 aromatic heterocycles. The monoisotopic (exact) mass is 380 g/mol. The number of nitrogens with one attached hydrogen (secondary N) is 1. The fourth-order valence-corrected chi connectivity index (χ4v) is 3.37. The average Bonchev–Trinajstić information content (AvgIpc) is 2.47. The zero-order chi connectivity index (χ0) is 16.3. The van der Waals surface area contributed by atoms with Crippen molar-refractivity contribution in [2.24, 2.45) is 0 Å². The second-order valence-electron chi connectivity index (χ2n) is 5.48. The fourth-order valence-electron chi connectivity index (χ4n) is 2.89. The summed E-state index contributed by atoms with van der Waals surface area (Å²) >= 11 is 3.14. The molecule has 0 spiro atoms. The Balaban J connectivity index is 2.44. The summed E-state index contributed by atoms with van der Waals surface area (Å²) < 4.78 is 39.6. The summed E-state index contributed by atoms with van der Waals surface area (Å²) in [6, 6.07) is 2.33. The van der Waals surface area contributed by atoms with Gasteiger partial charge in [0.1, 0.15) is 5.75 Å². The lowest BCUT2D eigenvalue weighted by atomic mass is 9.96. The maximum absolute atomic E-state index is 13.1. The maximum Gasteiger partial charge on any atom is 0.420 e. The summed E-state index contributed by atoms with van der Waals surface area (Å²) in [5, 5.41) is 13.4. The molecule has 1 aliphatic rings. The number of phenols is 1. The number of nitrogens with zero attached hydrogens (tertiary/aromatic N) is 1. The molecule has 1 saturated heterocycles. The third-order valence-electron chi connectivity index (χ3n) is 3.92. The SMILES string of the molecule is CCC[C@H](c1cc(Br)cc(C(F)(F)F)c1O)N1CCNCC1. The van der Waals surface area contributed by atoms with Crippen molar-refractivity contribution in [2.75, 3.05) is 26.2 Å². The third-order valence-corrected chi connectivity index (χ3v) is 4.38. The lowest BCUT2D eigenvalue weighted by Crippen LogP contribution is -2.45. The molecule has 0 saturated carbocycles. The van der Waals surface area contributed by atoms with Gasteiger partial charge in [-0.25, -0.2) is 0 Å². The van der Waals surface area contributed by atoms with Crippen LogP contribution >= 0.6 is 15.9 Å². The molecule has 22 heavy (non-hydrogen) atoms. The van der Waals surface area contributed by atoms with Crippen LogP contribution in [0.2, 0.25) is 0 Å². The van der Waals surface area contributed by atoms with Gasteiger partial charge >= 0.3 is 6.18 Å². The highest BCUT2D eigenvalue weighted by molar-refractivity contribution is 9.10. The average molecular weight is 381 g/mol. The standard InChI is InChI=1S/C15H20BrF3N2O/c1-2-3-13(21-6-4-20-5-7-21)11-8-10(16)9-12(14(11)22)15(17,18)19/h8-9,13,20,22H,2-7H2,1H3/t13-/m1/s1. The summed E-state index contributed by atoms with van der Waals surface area (Å²) in [7, 11) is 0. The number of aromatic hydroxyl groups is 1. The molecule has 3 nitrogen and oxygen atoms in total. The van der Waals surface area contributed by atoms with Crippen molar-refractivity contribution in [1.82, 2.24) is 10.2 Å². The first kappa shape index (κ1) is 17.6. The van der Waals surface area contributed by atoms with Crippen LogP contribution in [0.5, 0.6) is 5.75 Å². The van der Waals surface area contributed by atoms with Crippen LogP contribution in [0.15, 0.2) is 16.6 Å². The first-order valence-electron chi connectivity index (χ1n) is 7.39. The summed E-state index contributed by atoms with van der Waals surface area (Å²) in [5.74, 6) is -0.646. The van der Waals surface area contributed by atoms with Crippen LogP contribution in [0.3, 0.4) is 0 Å². The molecule has 0 amide bonds. The number of alkyl halides is 3. The maximum atomic E-state index is 13.1. The molecule has 0 radical (unpaired) electrons. The van der Waals surface area contributed by atoms with E-state index in [1.165, 1.54) is 0 Å². The topological polar surface area (TPSA) is 35.5 Å². The van der Waals surface area contributed by atoms with Crippen molar-refractivity contribution in [3.05, 3.63) is 27.7 Å². The first-order valence-corrected chi connectivity index (χ1v) is 8.18. The molecule has 1 heterocycles. The highest BCUT2D eigenvalue weighted by atomic mass is 79.9. The molecule has 1 aliphatic heterocycles. The number of hydrogen-bond acceptors (Lipinski definition) is 3. The number of benzene rings is 1. The lowest BCUT2D eigenvalue weighted by molar-refractivity contribution is -0.138. The Morgan fingerprint density at radius 2 is 1.95 bits per heavy atom. The van der Waals surface area contributed by atoms with E-state index in [0.29, 0.717) is 16.5 Å². The quantitative estimate of drug-likeness (QED) is 0.830. The van der Waals surface area contributed by atoms with Crippen molar-refractivity contribution < 1.29 is 18.3 Å². The minimum atomic E-state index is -4.57. The van der Waals surface area contributed by atoms with E-state index < -0.39 is 17.5 Å². The molecule has 2 N–H and O–H groups in total. The molecule has 0 bridgehead atoms. The largest absolute Gasteiger partial charge is 0.507 e. The zero-order valence-corrected chi connectivity index (χ0v) is 14.0. The van der Waals surface area contributed by atoms with Crippen LogP contribution in [0.25, 0.3) is 0 Å². The van der Waals surface area contributed by atoms with Gasteiger partial charge in [-0.3, -0.25) is 4.90 Å². The zero-order valence-electron chi connectivity index (χ0n) is 12.4. The molecule has 1 atom stereocenters. The minimum Gasteiger partial charge on any atom is -0.507 e. The van der Waals surface area contributed by atoms with Gasteiger partial charge in [0.2, 0.25) is 0 Å². The highest BCUT2D eigenvalue weighted by Gasteiger charge is 2.37. The molecular formula is C15H20BrF3N2O. The molecule has 1 fully saturated rings. The number of halogens is 4. The first-order chi connectivity index (χ1) is 10.3. The Labute approximate surface area is 136 Å². The van der Waals surface area contributed by atoms with Crippen molar-refractivity contribution in [2.45, 2.75) is 32.0 Å². The van der Waals surface area contributed by atoms with Gasteiger partial charge in [0.05, 0.1) is 5.56 Å².